The highest BCUT2D eigenvalue weighted by molar-refractivity contribution is 5.96. The summed E-state index contributed by atoms with van der Waals surface area (Å²) in [5, 5.41) is 11.3. The molecule has 1 aliphatic rings. The summed E-state index contributed by atoms with van der Waals surface area (Å²) in [4.78, 5) is 27.4. The highest BCUT2D eigenvalue weighted by Gasteiger charge is 2.17. The number of carbonyl (C=O) groups is 2. The lowest BCUT2D eigenvalue weighted by Crippen LogP contribution is -2.38. The van der Waals surface area contributed by atoms with Crippen LogP contribution in [0.3, 0.4) is 0 Å². The fraction of sp³-hybridized carbons (Fsp3) is 0.316. The molecule has 2 atom stereocenters. The number of carboxylic acids is 1. The van der Waals surface area contributed by atoms with Gasteiger partial charge in [-0.2, -0.15) is 0 Å². The van der Waals surface area contributed by atoms with Gasteiger partial charge in [-0.3, -0.25) is 20.0 Å². The van der Waals surface area contributed by atoms with E-state index in [4.69, 9.17) is 9.84 Å². The molecule has 0 saturated carbocycles. The smallest absolute Gasteiger partial charge is 0.325 e. The van der Waals surface area contributed by atoms with Gasteiger partial charge in [0.25, 0.3) is 5.91 Å². The summed E-state index contributed by atoms with van der Waals surface area (Å²) < 4.78 is 5.74. The molecule has 0 bridgehead atoms. The highest BCUT2D eigenvalue weighted by atomic mass is 16.5. The summed E-state index contributed by atoms with van der Waals surface area (Å²) in [5.74, 6) is -0.878. The largest absolute Gasteiger partial charge is 0.487 e. The summed E-state index contributed by atoms with van der Waals surface area (Å²) in [6.07, 6.45) is 2.67. The minimum atomic E-state index is -1.08. The Labute approximate surface area is 156 Å². The molecule has 27 heavy (non-hydrogen) atoms. The normalized spacial score (nSPS) is 17.3. The maximum atomic E-state index is 12.1. The van der Waals surface area contributed by atoms with Crippen LogP contribution in [0, 0.1) is 0 Å². The number of hydrogen-bond acceptors (Lipinski definition) is 6. The van der Waals surface area contributed by atoms with Gasteiger partial charge in [0.1, 0.15) is 18.4 Å². The van der Waals surface area contributed by atoms with Crippen molar-refractivity contribution in [1.82, 2.24) is 21.2 Å². The van der Waals surface area contributed by atoms with E-state index in [0.717, 1.165) is 24.2 Å². The molecule has 3 rings (SSSR count). The number of carboxylic acid groups (broad SMARTS) is 1. The number of hydrazine groups is 1. The Morgan fingerprint density at radius 2 is 2.22 bits per heavy atom. The van der Waals surface area contributed by atoms with Crippen LogP contribution >= 0.6 is 0 Å². The fourth-order valence-electron chi connectivity index (χ4n) is 2.70. The number of aliphatic carboxylic acids is 1. The fourth-order valence-corrected chi connectivity index (χ4v) is 2.70. The van der Waals surface area contributed by atoms with Crippen molar-refractivity contribution in [3.8, 4) is 5.75 Å². The number of nitrogens with one attached hydrogen (secondary N) is 3. The number of ether oxygens (including phenoxy) is 1. The number of amides is 1. The average Bonchev–Trinajstić information content (AvgIpc) is 3.21. The van der Waals surface area contributed by atoms with Gasteiger partial charge in [-0.05, 0) is 43.2 Å². The van der Waals surface area contributed by atoms with Crippen LogP contribution in [-0.2, 0) is 11.4 Å². The first-order valence-electron chi connectivity index (χ1n) is 8.72. The van der Waals surface area contributed by atoms with Gasteiger partial charge >= 0.3 is 5.97 Å². The van der Waals surface area contributed by atoms with Crippen LogP contribution in [0.25, 0.3) is 0 Å². The maximum Gasteiger partial charge on any atom is 0.325 e. The number of nitrogens with zero attached hydrogens (tertiary/aromatic N) is 1. The van der Waals surface area contributed by atoms with Crippen LogP contribution < -0.4 is 20.9 Å². The first-order chi connectivity index (χ1) is 13.0. The van der Waals surface area contributed by atoms with Gasteiger partial charge in [-0.15, -0.1) is 0 Å². The van der Waals surface area contributed by atoms with E-state index < -0.39 is 17.9 Å². The Morgan fingerprint density at radius 3 is 2.89 bits per heavy atom. The molecular formula is C19H22N4O4. The molecule has 1 amide bonds. The Balaban J connectivity index is 1.58. The molecule has 0 aliphatic carbocycles. The predicted molar refractivity (Wildman–Crippen MR) is 98.1 cm³/mol. The van der Waals surface area contributed by atoms with Crippen molar-refractivity contribution >= 4 is 11.9 Å². The van der Waals surface area contributed by atoms with E-state index in [1.807, 2.05) is 18.2 Å². The standard InChI is InChI=1S/C19H22N4O4/c1-12(19(25)26)22-18(24)14-4-2-3-13(9-14)11-27-15-5-6-16(20-10-15)17-7-8-21-23-17/h2-6,9-10,12,17,21,23H,7-8,11H2,1H3,(H,22,24)(H,25,26)/t12-,17?/m1/s1. The number of rotatable bonds is 7. The van der Waals surface area contributed by atoms with Gasteiger partial charge in [0.15, 0.2) is 0 Å². The summed E-state index contributed by atoms with van der Waals surface area (Å²) in [5.41, 5.74) is 8.38. The minimum absolute atomic E-state index is 0.211. The number of carbonyl (C=O) groups excluding carboxylic acids is 1. The third-order valence-electron chi connectivity index (χ3n) is 4.26. The molecule has 1 aliphatic heterocycles. The van der Waals surface area contributed by atoms with Crippen molar-refractivity contribution in [3.63, 3.8) is 0 Å². The first kappa shape index (κ1) is 18.8. The second-order valence-electron chi connectivity index (χ2n) is 6.35. The molecule has 1 unspecified atom stereocenters. The molecule has 4 N–H and O–H groups in total. The van der Waals surface area contributed by atoms with E-state index in [1.165, 1.54) is 6.92 Å². The summed E-state index contributed by atoms with van der Waals surface area (Å²) in [6.45, 7) is 2.61. The zero-order valence-corrected chi connectivity index (χ0v) is 14.9. The minimum Gasteiger partial charge on any atom is -0.487 e. The predicted octanol–water partition coefficient (Wildman–Crippen LogP) is 1.40. The summed E-state index contributed by atoms with van der Waals surface area (Å²) >= 11 is 0. The Hall–Kier alpha value is -2.97. The third kappa shape index (κ3) is 5.02. The zero-order valence-electron chi connectivity index (χ0n) is 14.9. The van der Waals surface area contributed by atoms with Gasteiger partial charge in [-0.25, -0.2) is 5.43 Å². The number of aromatic nitrogens is 1. The molecule has 8 nitrogen and oxygen atoms in total. The van der Waals surface area contributed by atoms with Crippen molar-refractivity contribution in [1.29, 1.82) is 0 Å². The average molecular weight is 370 g/mol. The van der Waals surface area contributed by atoms with Crippen LogP contribution in [0.15, 0.2) is 42.6 Å². The quantitative estimate of drug-likeness (QED) is 0.583. The highest BCUT2D eigenvalue weighted by Crippen LogP contribution is 2.19. The van der Waals surface area contributed by atoms with E-state index in [2.05, 4.69) is 21.2 Å². The number of hydrogen-bond donors (Lipinski definition) is 4. The van der Waals surface area contributed by atoms with Crippen molar-refractivity contribution in [3.05, 3.63) is 59.4 Å². The van der Waals surface area contributed by atoms with Crippen molar-refractivity contribution < 1.29 is 19.4 Å². The molecule has 2 aromatic rings. The van der Waals surface area contributed by atoms with Gasteiger partial charge < -0.3 is 15.2 Å². The second kappa shape index (κ2) is 8.61. The molecule has 1 fully saturated rings. The lowest BCUT2D eigenvalue weighted by Gasteiger charge is -2.12. The second-order valence-corrected chi connectivity index (χ2v) is 6.35. The van der Waals surface area contributed by atoms with Gasteiger partial charge in [0.05, 0.1) is 17.9 Å². The SMILES string of the molecule is C[C@@H](NC(=O)c1cccc(COc2ccc(C3CCNN3)nc2)c1)C(=O)O. The van der Waals surface area contributed by atoms with Gasteiger partial charge in [0.2, 0.25) is 0 Å². The molecule has 0 radical (unpaired) electrons. The molecule has 1 aromatic heterocycles. The van der Waals surface area contributed by atoms with Crippen LogP contribution in [0.5, 0.6) is 5.75 Å². The van der Waals surface area contributed by atoms with Crippen molar-refractivity contribution in [2.45, 2.75) is 32.0 Å². The van der Waals surface area contributed by atoms with E-state index >= 15 is 0 Å². The lowest BCUT2D eigenvalue weighted by molar-refractivity contribution is -0.138. The summed E-state index contributed by atoms with van der Waals surface area (Å²) in [7, 11) is 0. The monoisotopic (exact) mass is 370 g/mol. The number of pyridine rings is 1. The van der Waals surface area contributed by atoms with Crippen LogP contribution in [-0.4, -0.2) is 34.6 Å². The Morgan fingerprint density at radius 1 is 1.37 bits per heavy atom. The van der Waals surface area contributed by atoms with E-state index in [0.29, 0.717) is 11.3 Å². The zero-order chi connectivity index (χ0) is 19.2. The number of benzene rings is 1. The van der Waals surface area contributed by atoms with Crippen molar-refractivity contribution in [2.75, 3.05) is 6.54 Å². The topological polar surface area (TPSA) is 113 Å². The Kier molecular flexibility index (Phi) is 6.00. The van der Waals surface area contributed by atoms with Crippen LogP contribution in [0.2, 0.25) is 0 Å². The molecule has 8 heteroatoms. The van der Waals surface area contributed by atoms with E-state index in [9.17, 15) is 9.59 Å². The molecule has 1 saturated heterocycles. The van der Waals surface area contributed by atoms with Gasteiger partial charge in [-0.1, -0.05) is 12.1 Å². The van der Waals surface area contributed by atoms with Gasteiger partial charge in [0, 0.05) is 12.1 Å². The van der Waals surface area contributed by atoms with E-state index in [1.54, 1.807) is 24.4 Å². The van der Waals surface area contributed by atoms with Crippen molar-refractivity contribution in [2.24, 2.45) is 0 Å². The maximum absolute atomic E-state index is 12.1. The van der Waals surface area contributed by atoms with Crippen LogP contribution in [0.4, 0.5) is 0 Å². The van der Waals surface area contributed by atoms with E-state index in [-0.39, 0.29) is 12.6 Å². The van der Waals surface area contributed by atoms with Crippen LogP contribution in [0.1, 0.15) is 41.0 Å². The molecule has 142 valence electrons. The lowest BCUT2D eigenvalue weighted by atomic mass is 10.1. The molecule has 1 aromatic carbocycles. The molecular weight excluding hydrogens is 348 g/mol. The Bertz CT molecular complexity index is 804. The summed E-state index contributed by atoms with van der Waals surface area (Å²) in [6, 6.07) is 9.94. The first-order valence-corrected chi connectivity index (χ1v) is 8.72. The molecule has 0 spiro atoms. The molecule has 2 heterocycles. The third-order valence-corrected chi connectivity index (χ3v) is 4.26.